The molecule has 0 bridgehead atoms. The number of fused-ring (bicyclic) bond motifs is 1. The van der Waals surface area contributed by atoms with Crippen LogP contribution in [0.15, 0.2) is 47.4 Å². The average Bonchev–Trinajstić information content (AvgIpc) is 3.19. The molecule has 29 heavy (non-hydrogen) atoms. The van der Waals surface area contributed by atoms with Gasteiger partial charge >= 0.3 is 0 Å². The van der Waals surface area contributed by atoms with Crippen molar-refractivity contribution < 1.29 is 27.4 Å². The highest BCUT2D eigenvalue weighted by molar-refractivity contribution is 7.89. The molecule has 2 aromatic rings. The molecule has 0 saturated carbocycles. The van der Waals surface area contributed by atoms with Crippen LogP contribution in [0.5, 0.6) is 17.2 Å². The molecule has 0 radical (unpaired) electrons. The Labute approximate surface area is 170 Å². The van der Waals surface area contributed by atoms with Gasteiger partial charge in [-0.15, -0.1) is 0 Å². The molecule has 156 valence electrons. The van der Waals surface area contributed by atoms with Gasteiger partial charge in [-0.2, -0.15) is 4.31 Å². The molecule has 1 heterocycles. The predicted octanol–water partition coefficient (Wildman–Crippen LogP) is 2.14. The second-order valence-corrected chi connectivity index (χ2v) is 8.24. The first-order valence-corrected chi connectivity index (χ1v) is 10.8. The fourth-order valence-corrected chi connectivity index (χ4v) is 4.26. The first-order chi connectivity index (χ1) is 13.9. The van der Waals surface area contributed by atoms with Gasteiger partial charge in [-0.05, 0) is 48.9 Å². The summed E-state index contributed by atoms with van der Waals surface area (Å²) in [5.41, 5.74) is 0.833. The zero-order valence-electron chi connectivity index (χ0n) is 16.4. The summed E-state index contributed by atoms with van der Waals surface area (Å²) in [7, 11) is -3.79. The number of benzene rings is 2. The summed E-state index contributed by atoms with van der Waals surface area (Å²) in [6.45, 7) is 4.39. The molecular formula is C20H24N2O6S. The lowest BCUT2D eigenvalue weighted by molar-refractivity contribution is -0.121. The number of carbonyl (C=O) groups is 1. The molecule has 0 spiro atoms. The number of likely N-dealkylation sites (N-methyl/N-ethyl adjacent to an activating group) is 1. The van der Waals surface area contributed by atoms with Crippen molar-refractivity contribution in [3.05, 3.63) is 48.0 Å². The molecule has 1 aliphatic rings. The van der Waals surface area contributed by atoms with Gasteiger partial charge in [0.15, 0.2) is 11.5 Å². The minimum absolute atomic E-state index is 0.117. The van der Waals surface area contributed by atoms with Crippen LogP contribution in [-0.4, -0.2) is 45.1 Å². The fourth-order valence-electron chi connectivity index (χ4n) is 2.86. The summed E-state index contributed by atoms with van der Waals surface area (Å²) >= 11 is 0. The van der Waals surface area contributed by atoms with E-state index in [1.165, 1.54) is 12.1 Å². The first kappa shape index (κ1) is 20.9. The first-order valence-electron chi connectivity index (χ1n) is 9.32. The molecule has 1 amide bonds. The van der Waals surface area contributed by atoms with E-state index in [0.29, 0.717) is 23.9 Å². The normalized spacial score (nSPS) is 12.8. The third-order valence-electron chi connectivity index (χ3n) is 4.37. The Bertz CT molecular complexity index is 959. The Balaban J connectivity index is 1.61. The van der Waals surface area contributed by atoms with Crippen LogP contribution in [0.25, 0.3) is 0 Å². The molecule has 1 N–H and O–H groups in total. The van der Waals surface area contributed by atoms with Crippen LogP contribution in [0.1, 0.15) is 19.4 Å². The molecule has 8 nitrogen and oxygen atoms in total. The summed E-state index contributed by atoms with van der Waals surface area (Å²) in [5, 5.41) is 2.74. The minimum Gasteiger partial charge on any atom is -0.494 e. The van der Waals surface area contributed by atoms with Crippen LogP contribution < -0.4 is 19.5 Å². The third-order valence-corrected chi connectivity index (χ3v) is 6.31. The van der Waals surface area contributed by atoms with Gasteiger partial charge in [0.25, 0.3) is 0 Å². The molecule has 9 heteroatoms. The lowest BCUT2D eigenvalue weighted by atomic mass is 10.2. The van der Waals surface area contributed by atoms with E-state index in [1.807, 2.05) is 13.0 Å². The summed E-state index contributed by atoms with van der Waals surface area (Å²) in [6, 6.07) is 11.5. The van der Waals surface area contributed by atoms with Crippen LogP contribution in [-0.2, 0) is 21.4 Å². The number of carbonyl (C=O) groups excluding carboxylic acids is 1. The average molecular weight is 420 g/mol. The highest BCUT2D eigenvalue weighted by Crippen LogP contribution is 2.32. The van der Waals surface area contributed by atoms with Gasteiger partial charge in [0.05, 0.1) is 18.0 Å². The monoisotopic (exact) mass is 420 g/mol. The molecular weight excluding hydrogens is 396 g/mol. The quantitative estimate of drug-likeness (QED) is 0.668. The maximum Gasteiger partial charge on any atom is 0.243 e. The standard InChI is InChI=1S/C20H24N2O6S/c1-3-22(29(24,25)17-8-6-16(7-9-17)26-4-2)13-20(23)21-12-15-5-10-18-19(11-15)28-14-27-18/h5-11H,3-4,12-14H2,1-2H3,(H,21,23). The second kappa shape index (κ2) is 9.15. The number of nitrogens with zero attached hydrogens (tertiary/aromatic N) is 1. The lowest BCUT2D eigenvalue weighted by Crippen LogP contribution is -2.40. The maximum atomic E-state index is 12.8. The molecule has 0 unspecified atom stereocenters. The van der Waals surface area contributed by atoms with Gasteiger partial charge in [0.2, 0.25) is 22.7 Å². The van der Waals surface area contributed by atoms with Crippen LogP contribution in [0.3, 0.4) is 0 Å². The van der Waals surface area contributed by atoms with E-state index in [9.17, 15) is 13.2 Å². The number of rotatable bonds is 9. The molecule has 1 aliphatic heterocycles. The molecule has 3 rings (SSSR count). The van der Waals surface area contributed by atoms with E-state index < -0.39 is 10.0 Å². The predicted molar refractivity (Wildman–Crippen MR) is 106 cm³/mol. The zero-order valence-corrected chi connectivity index (χ0v) is 17.2. The Kier molecular flexibility index (Phi) is 6.60. The molecule has 0 aromatic heterocycles. The van der Waals surface area contributed by atoms with E-state index >= 15 is 0 Å². The van der Waals surface area contributed by atoms with Gasteiger partial charge < -0.3 is 19.5 Å². The highest BCUT2D eigenvalue weighted by Gasteiger charge is 2.25. The number of amides is 1. The molecule has 2 aromatic carbocycles. The van der Waals surface area contributed by atoms with E-state index in [4.69, 9.17) is 14.2 Å². The number of sulfonamides is 1. The van der Waals surface area contributed by atoms with Crippen molar-refractivity contribution in [3.8, 4) is 17.2 Å². The minimum atomic E-state index is -3.79. The van der Waals surface area contributed by atoms with Crippen LogP contribution in [0, 0.1) is 0 Å². The summed E-state index contributed by atoms with van der Waals surface area (Å²) in [6.07, 6.45) is 0. The third kappa shape index (κ3) is 4.99. The Morgan fingerprint density at radius 1 is 1.10 bits per heavy atom. The van der Waals surface area contributed by atoms with E-state index in [2.05, 4.69) is 5.32 Å². The number of ether oxygens (including phenoxy) is 3. The molecule has 0 saturated heterocycles. The second-order valence-electron chi connectivity index (χ2n) is 6.30. The fraction of sp³-hybridized carbons (Fsp3) is 0.350. The summed E-state index contributed by atoms with van der Waals surface area (Å²) in [4.78, 5) is 12.5. The molecule has 0 atom stereocenters. The van der Waals surface area contributed by atoms with E-state index in [1.54, 1.807) is 31.2 Å². The van der Waals surface area contributed by atoms with E-state index in [-0.39, 0.29) is 37.2 Å². The van der Waals surface area contributed by atoms with Crippen molar-refractivity contribution in [2.24, 2.45) is 0 Å². The largest absolute Gasteiger partial charge is 0.494 e. The smallest absolute Gasteiger partial charge is 0.243 e. The van der Waals surface area contributed by atoms with Crippen molar-refractivity contribution in [2.45, 2.75) is 25.3 Å². The van der Waals surface area contributed by atoms with Crippen molar-refractivity contribution >= 4 is 15.9 Å². The Morgan fingerprint density at radius 2 is 1.83 bits per heavy atom. The van der Waals surface area contributed by atoms with Gasteiger partial charge in [-0.25, -0.2) is 8.42 Å². The summed E-state index contributed by atoms with van der Waals surface area (Å²) < 4.78 is 42.7. The highest BCUT2D eigenvalue weighted by atomic mass is 32.2. The Hall–Kier alpha value is -2.78. The number of nitrogens with one attached hydrogen (secondary N) is 1. The maximum absolute atomic E-state index is 12.8. The van der Waals surface area contributed by atoms with Crippen molar-refractivity contribution in [2.75, 3.05) is 26.5 Å². The Morgan fingerprint density at radius 3 is 2.52 bits per heavy atom. The van der Waals surface area contributed by atoms with Crippen molar-refractivity contribution in [3.63, 3.8) is 0 Å². The topological polar surface area (TPSA) is 94.2 Å². The van der Waals surface area contributed by atoms with Crippen LogP contribution in [0.4, 0.5) is 0 Å². The van der Waals surface area contributed by atoms with Crippen LogP contribution >= 0.6 is 0 Å². The van der Waals surface area contributed by atoms with Crippen molar-refractivity contribution in [1.29, 1.82) is 0 Å². The SMILES string of the molecule is CCOc1ccc(S(=O)(=O)N(CC)CC(=O)NCc2ccc3c(c2)OCO3)cc1. The number of hydrogen-bond acceptors (Lipinski definition) is 6. The zero-order chi connectivity index (χ0) is 20.9. The molecule has 0 aliphatic carbocycles. The summed E-state index contributed by atoms with van der Waals surface area (Å²) in [5.74, 6) is 1.50. The van der Waals surface area contributed by atoms with Crippen LogP contribution in [0.2, 0.25) is 0 Å². The molecule has 0 fully saturated rings. The van der Waals surface area contributed by atoms with E-state index in [0.717, 1.165) is 9.87 Å². The van der Waals surface area contributed by atoms with Gasteiger partial charge in [-0.3, -0.25) is 4.79 Å². The van der Waals surface area contributed by atoms with Crippen molar-refractivity contribution in [1.82, 2.24) is 9.62 Å². The van der Waals surface area contributed by atoms with Gasteiger partial charge in [-0.1, -0.05) is 13.0 Å². The number of hydrogen-bond donors (Lipinski definition) is 1. The lowest BCUT2D eigenvalue weighted by Gasteiger charge is -2.20. The van der Waals surface area contributed by atoms with Gasteiger partial charge in [0.1, 0.15) is 5.75 Å². The van der Waals surface area contributed by atoms with Gasteiger partial charge in [0, 0.05) is 13.1 Å².